The van der Waals surface area contributed by atoms with Crippen LogP contribution in [0.2, 0.25) is 0 Å². The van der Waals surface area contributed by atoms with Crippen molar-refractivity contribution in [3.05, 3.63) is 0 Å². The molecule has 1 aliphatic heterocycles. The van der Waals surface area contributed by atoms with Gasteiger partial charge < -0.3 is 25.0 Å². The number of methoxy groups -OCH3 is 1. The highest BCUT2D eigenvalue weighted by Crippen LogP contribution is 2.26. The molecule has 1 fully saturated rings. The number of nitrogen functional groups attached to an aromatic ring is 1. The molecule has 0 bridgehead atoms. The van der Waals surface area contributed by atoms with Gasteiger partial charge in [-0.3, -0.25) is 4.57 Å². The van der Waals surface area contributed by atoms with Crippen LogP contribution in [-0.4, -0.2) is 82.3 Å². The van der Waals surface area contributed by atoms with Crippen molar-refractivity contribution < 1.29 is 9.47 Å². The summed E-state index contributed by atoms with van der Waals surface area (Å²) in [6.45, 7) is 10.8. The first kappa shape index (κ1) is 22.6. The minimum atomic E-state index is 0.0414. The van der Waals surface area contributed by atoms with Crippen LogP contribution in [-0.2, 0) is 6.54 Å². The number of nitrogens with two attached hydrogens (primary N) is 1. The Balaban J connectivity index is 1.61. The molecule has 1 saturated heterocycles. The SMILES string of the molecule is CCCC(C)Oc1nc(N)c2nc(OC)n(CCCCCN3CCN(C)CC3)c2n1. The molecule has 2 aromatic rings. The Morgan fingerprint density at radius 1 is 1.03 bits per heavy atom. The Morgan fingerprint density at radius 3 is 2.47 bits per heavy atom. The largest absolute Gasteiger partial charge is 0.468 e. The number of fused-ring (bicyclic) bond motifs is 1. The molecule has 0 radical (unpaired) electrons. The van der Waals surface area contributed by atoms with Crippen LogP contribution in [0, 0.1) is 0 Å². The molecule has 168 valence electrons. The van der Waals surface area contributed by atoms with Crippen molar-refractivity contribution in [2.45, 2.75) is 58.6 Å². The van der Waals surface area contributed by atoms with Gasteiger partial charge >= 0.3 is 6.01 Å². The molecule has 9 nitrogen and oxygen atoms in total. The average Bonchev–Trinajstić information content (AvgIpc) is 3.07. The lowest BCUT2D eigenvalue weighted by molar-refractivity contribution is 0.152. The third-order valence-electron chi connectivity index (χ3n) is 5.70. The van der Waals surface area contributed by atoms with E-state index in [9.17, 15) is 0 Å². The van der Waals surface area contributed by atoms with E-state index in [-0.39, 0.29) is 6.10 Å². The topological polar surface area (TPSA) is 94.6 Å². The maximum Gasteiger partial charge on any atom is 0.320 e. The molecule has 0 spiro atoms. The number of hydrogen-bond acceptors (Lipinski definition) is 8. The Labute approximate surface area is 179 Å². The summed E-state index contributed by atoms with van der Waals surface area (Å²) in [5.41, 5.74) is 7.39. The molecule has 0 aliphatic carbocycles. The summed E-state index contributed by atoms with van der Waals surface area (Å²) in [4.78, 5) is 18.3. The molecule has 9 heteroatoms. The van der Waals surface area contributed by atoms with Gasteiger partial charge in [-0.1, -0.05) is 19.8 Å². The van der Waals surface area contributed by atoms with Gasteiger partial charge in [-0.2, -0.15) is 15.0 Å². The number of likely N-dealkylation sites (N-methyl/N-ethyl adjacent to an activating group) is 1. The maximum absolute atomic E-state index is 6.14. The number of imidazole rings is 1. The van der Waals surface area contributed by atoms with Crippen LogP contribution in [0.1, 0.15) is 46.0 Å². The molecule has 0 amide bonds. The summed E-state index contributed by atoms with van der Waals surface area (Å²) in [6.07, 6.45) is 5.39. The first-order valence-electron chi connectivity index (χ1n) is 11.2. The van der Waals surface area contributed by atoms with E-state index < -0.39 is 0 Å². The second kappa shape index (κ2) is 10.8. The highest BCUT2D eigenvalue weighted by atomic mass is 16.5. The predicted molar refractivity (Wildman–Crippen MR) is 119 cm³/mol. The van der Waals surface area contributed by atoms with Crippen molar-refractivity contribution in [1.29, 1.82) is 0 Å². The van der Waals surface area contributed by atoms with E-state index in [0.29, 0.717) is 29.0 Å². The first-order valence-corrected chi connectivity index (χ1v) is 11.2. The van der Waals surface area contributed by atoms with E-state index in [4.69, 9.17) is 15.2 Å². The van der Waals surface area contributed by atoms with Crippen molar-refractivity contribution in [1.82, 2.24) is 29.3 Å². The van der Waals surface area contributed by atoms with Crippen LogP contribution in [0.4, 0.5) is 5.82 Å². The van der Waals surface area contributed by atoms with Crippen molar-refractivity contribution in [3.8, 4) is 12.0 Å². The summed E-state index contributed by atoms with van der Waals surface area (Å²) in [7, 11) is 3.81. The number of aryl methyl sites for hydroxylation is 1. The van der Waals surface area contributed by atoms with E-state index in [2.05, 4.69) is 38.7 Å². The lowest BCUT2D eigenvalue weighted by Gasteiger charge is -2.32. The Hall–Kier alpha value is -2.13. The quantitative estimate of drug-likeness (QED) is 0.555. The first-order chi connectivity index (χ1) is 14.5. The van der Waals surface area contributed by atoms with Gasteiger partial charge in [0.2, 0.25) is 0 Å². The van der Waals surface area contributed by atoms with E-state index in [0.717, 1.165) is 38.8 Å². The number of unbranched alkanes of at least 4 members (excludes halogenated alkanes) is 2. The van der Waals surface area contributed by atoms with Gasteiger partial charge in [-0.05, 0) is 39.8 Å². The minimum absolute atomic E-state index is 0.0414. The van der Waals surface area contributed by atoms with Gasteiger partial charge in [0.25, 0.3) is 6.01 Å². The standard InChI is InChI=1S/C21H37N7O2/c1-5-9-16(2)30-20-24-18(22)17-19(25-20)28(21(23-17)29-4)11-8-6-7-10-27-14-12-26(3)13-15-27/h16H,5-15H2,1-4H3,(H2,22,24,25). The van der Waals surface area contributed by atoms with E-state index >= 15 is 0 Å². The van der Waals surface area contributed by atoms with Gasteiger partial charge in [-0.25, -0.2) is 0 Å². The molecule has 30 heavy (non-hydrogen) atoms. The highest BCUT2D eigenvalue weighted by Gasteiger charge is 2.19. The number of ether oxygens (including phenoxy) is 2. The average molecular weight is 420 g/mol. The van der Waals surface area contributed by atoms with Gasteiger partial charge in [-0.15, -0.1) is 0 Å². The molecule has 3 rings (SSSR count). The number of anilines is 1. The summed E-state index contributed by atoms with van der Waals surface area (Å²) >= 11 is 0. The van der Waals surface area contributed by atoms with Crippen molar-refractivity contribution in [3.63, 3.8) is 0 Å². The van der Waals surface area contributed by atoms with E-state index in [1.807, 2.05) is 11.5 Å². The van der Waals surface area contributed by atoms with Crippen molar-refractivity contribution in [2.24, 2.45) is 0 Å². The molecule has 1 aliphatic rings. The third kappa shape index (κ3) is 5.72. The van der Waals surface area contributed by atoms with Gasteiger partial charge in [0.05, 0.1) is 13.2 Å². The lowest BCUT2D eigenvalue weighted by atomic mass is 10.2. The predicted octanol–water partition coefficient (Wildman–Crippen LogP) is 2.40. The molecule has 3 heterocycles. The summed E-state index contributed by atoms with van der Waals surface area (Å²) < 4.78 is 13.3. The molecule has 2 N–H and O–H groups in total. The van der Waals surface area contributed by atoms with Gasteiger partial charge in [0.15, 0.2) is 17.0 Å². The fourth-order valence-corrected chi connectivity index (χ4v) is 3.89. The number of hydrogen-bond donors (Lipinski definition) is 1. The Bertz CT molecular complexity index is 802. The van der Waals surface area contributed by atoms with Crippen LogP contribution in [0.3, 0.4) is 0 Å². The fourth-order valence-electron chi connectivity index (χ4n) is 3.89. The monoisotopic (exact) mass is 419 g/mol. The normalized spacial score (nSPS) is 16.8. The van der Waals surface area contributed by atoms with Crippen LogP contribution < -0.4 is 15.2 Å². The van der Waals surface area contributed by atoms with Crippen molar-refractivity contribution in [2.75, 3.05) is 52.6 Å². The third-order valence-corrected chi connectivity index (χ3v) is 5.70. The molecule has 2 aromatic heterocycles. The number of rotatable bonds is 11. The van der Waals surface area contributed by atoms with E-state index in [1.54, 1.807) is 7.11 Å². The molecular formula is C21H37N7O2. The summed E-state index contributed by atoms with van der Waals surface area (Å²) in [5, 5.41) is 0. The Morgan fingerprint density at radius 2 is 1.77 bits per heavy atom. The van der Waals surface area contributed by atoms with E-state index in [1.165, 1.54) is 32.6 Å². The molecule has 0 aromatic carbocycles. The molecular weight excluding hydrogens is 382 g/mol. The molecule has 1 atom stereocenters. The number of piperazine rings is 1. The number of aromatic nitrogens is 4. The molecule has 0 saturated carbocycles. The smallest absolute Gasteiger partial charge is 0.320 e. The van der Waals surface area contributed by atoms with Crippen molar-refractivity contribution >= 4 is 17.0 Å². The Kier molecular flexibility index (Phi) is 8.09. The zero-order valence-electron chi connectivity index (χ0n) is 18.9. The molecule has 1 unspecified atom stereocenters. The maximum atomic E-state index is 6.14. The summed E-state index contributed by atoms with van der Waals surface area (Å²) in [6, 6.07) is 0.823. The van der Waals surface area contributed by atoms with Gasteiger partial charge in [0, 0.05) is 32.7 Å². The second-order valence-corrected chi connectivity index (χ2v) is 8.24. The zero-order valence-corrected chi connectivity index (χ0v) is 18.9. The van der Waals surface area contributed by atoms with Crippen LogP contribution in [0.25, 0.3) is 11.2 Å². The van der Waals surface area contributed by atoms with Gasteiger partial charge in [0.1, 0.15) is 0 Å². The van der Waals surface area contributed by atoms with Crippen LogP contribution in [0.15, 0.2) is 0 Å². The number of nitrogens with zero attached hydrogens (tertiary/aromatic N) is 6. The fraction of sp³-hybridized carbons (Fsp3) is 0.762. The lowest BCUT2D eigenvalue weighted by Crippen LogP contribution is -2.44. The zero-order chi connectivity index (χ0) is 21.5. The van der Waals surface area contributed by atoms with Crippen LogP contribution in [0.5, 0.6) is 12.0 Å². The summed E-state index contributed by atoms with van der Waals surface area (Å²) in [5.74, 6) is 0.325. The minimum Gasteiger partial charge on any atom is -0.468 e. The second-order valence-electron chi connectivity index (χ2n) is 8.24. The highest BCUT2D eigenvalue weighted by molar-refractivity contribution is 5.83. The van der Waals surface area contributed by atoms with Crippen LogP contribution >= 0.6 is 0 Å².